The monoisotopic (exact) mass is 317 g/mol. The van der Waals surface area contributed by atoms with Crippen LogP contribution in [0.3, 0.4) is 0 Å². The first-order valence-electron chi connectivity index (χ1n) is 7.45. The molecule has 0 unspecified atom stereocenters. The summed E-state index contributed by atoms with van der Waals surface area (Å²) in [6.07, 6.45) is 5.20. The Morgan fingerprint density at radius 1 is 1.26 bits per heavy atom. The molecule has 1 amide bonds. The Kier molecular flexibility index (Phi) is 7.14. The van der Waals surface area contributed by atoms with Crippen LogP contribution in [0.5, 0.6) is 0 Å². The molecule has 124 valence electrons. The molecule has 1 aromatic rings. The molecule has 0 bridgehead atoms. The van der Waals surface area contributed by atoms with Crippen molar-refractivity contribution in [1.82, 2.24) is 5.32 Å². The van der Waals surface area contributed by atoms with Gasteiger partial charge in [-0.2, -0.15) is 0 Å². The molecular formula is C18H23NO4. The highest BCUT2D eigenvalue weighted by atomic mass is 16.6. The van der Waals surface area contributed by atoms with E-state index in [0.717, 1.165) is 5.56 Å². The number of hydrogen-bond acceptors (Lipinski definition) is 4. The Bertz CT molecular complexity index is 555. The molecule has 0 aliphatic carbocycles. The van der Waals surface area contributed by atoms with E-state index in [4.69, 9.17) is 15.9 Å². The van der Waals surface area contributed by atoms with Gasteiger partial charge in [0.15, 0.2) is 0 Å². The van der Waals surface area contributed by atoms with Crippen molar-refractivity contribution < 1.29 is 19.1 Å². The first kappa shape index (κ1) is 18.6. The molecule has 23 heavy (non-hydrogen) atoms. The molecule has 1 atom stereocenters. The highest BCUT2D eigenvalue weighted by Crippen LogP contribution is 2.09. The first-order valence-corrected chi connectivity index (χ1v) is 7.45. The zero-order valence-electron chi connectivity index (χ0n) is 13.8. The molecule has 1 rings (SSSR count). The van der Waals surface area contributed by atoms with Crippen molar-refractivity contribution in [1.29, 1.82) is 0 Å². The summed E-state index contributed by atoms with van der Waals surface area (Å²) in [5.41, 5.74) is 0.225. The summed E-state index contributed by atoms with van der Waals surface area (Å²) in [7, 11) is 0. The second kappa shape index (κ2) is 8.84. The van der Waals surface area contributed by atoms with Crippen LogP contribution < -0.4 is 5.32 Å². The molecule has 0 aliphatic rings. The third kappa shape index (κ3) is 7.91. The quantitative estimate of drug-likeness (QED) is 0.647. The first-order chi connectivity index (χ1) is 10.8. The van der Waals surface area contributed by atoms with Crippen LogP contribution in [0.2, 0.25) is 0 Å². The Hall–Kier alpha value is -2.48. The van der Waals surface area contributed by atoms with Crippen LogP contribution in [0.4, 0.5) is 4.79 Å². The summed E-state index contributed by atoms with van der Waals surface area (Å²) < 4.78 is 10.4. The predicted octanol–water partition coefficient (Wildman–Crippen LogP) is 3.04. The number of terminal acetylenes is 1. The number of nitrogens with one attached hydrogen (secondary N) is 1. The largest absolute Gasteiger partial charge is 0.459 e. The topological polar surface area (TPSA) is 64.6 Å². The van der Waals surface area contributed by atoms with Crippen molar-refractivity contribution in [2.45, 2.75) is 51.9 Å². The molecule has 0 aromatic heterocycles. The molecule has 5 nitrogen and oxygen atoms in total. The minimum Gasteiger partial charge on any atom is -0.459 e. The summed E-state index contributed by atoms with van der Waals surface area (Å²) in [4.78, 5) is 24.0. The second-order valence-electron chi connectivity index (χ2n) is 6.03. The summed E-state index contributed by atoms with van der Waals surface area (Å²) in [6, 6.07) is 8.47. The second-order valence-corrected chi connectivity index (χ2v) is 6.03. The van der Waals surface area contributed by atoms with Gasteiger partial charge in [-0.3, -0.25) is 0 Å². The van der Waals surface area contributed by atoms with Gasteiger partial charge in [-0.05, 0) is 32.8 Å². The number of esters is 1. The smallest absolute Gasteiger partial charge is 0.408 e. The van der Waals surface area contributed by atoms with E-state index in [9.17, 15) is 9.59 Å². The SMILES string of the molecule is C#CCC[C@H](NC(=O)OC(C)(C)C)C(=O)OCc1ccccc1. The van der Waals surface area contributed by atoms with Crippen molar-refractivity contribution in [3.8, 4) is 12.3 Å². The number of hydrogen-bond donors (Lipinski definition) is 1. The highest BCUT2D eigenvalue weighted by Gasteiger charge is 2.25. The van der Waals surface area contributed by atoms with Crippen LogP contribution in [0.25, 0.3) is 0 Å². The molecule has 0 saturated heterocycles. The van der Waals surface area contributed by atoms with E-state index in [0.29, 0.717) is 12.8 Å². The lowest BCUT2D eigenvalue weighted by Crippen LogP contribution is -2.44. The molecule has 0 spiro atoms. The van der Waals surface area contributed by atoms with E-state index in [1.807, 2.05) is 30.3 Å². The van der Waals surface area contributed by atoms with Crippen molar-refractivity contribution in [3.05, 3.63) is 35.9 Å². The zero-order valence-corrected chi connectivity index (χ0v) is 13.8. The minimum absolute atomic E-state index is 0.141. The van der Waals surface area contributed by atoms with Crippen LogP contribution in [0, 0.1) is 12.3 Å². The minimum atomic E-state index is -0.829. The Balaban J connectivity index is 2.59. The lowest BCUT2D eigenvalue weighted by molar-refractivity contribution is -0.147. The Labute approximate surface area is 137 Å². The van der Waals surface area contributed by atoms with Crippen LogP contribution in [0.15, 0.2) is 30.3 Å². The number of ether oxygens (including phenoxy) is 2. The van der Waals surface area contributed by atoms with E-state index >= 15 is 0 Å². The normalized spacial score (nSPS) is 11.9. The highest BCUT2D eigenvalue weighted by molar-refractivity contribution is 5.81. The standard InChI is InChI=1S/C18H23NO4/c1-5-6-12-15(19-17(21)23-18(2,3)4)16(20)22-13-14-10-8-7-9-11-14/h1,7-11,15H,6,12-13H2,2-4H3,(H,19,21)/t15-/m0/s1. The molecule has 0 heterocycles. The molecule has 0 aliphatic heterocycles. The summed E-state index contributed by atoms with van der Waals surface area (Å²) in [5, 5.41) is 2.51. The third-order valence-electron chi connectivity index (χ3n) is 2.78. The number of benzene rings is 1. The van der Waals surface area contributed by atoms with Crippen LogP contribution in [0.1, 0.15) is 39.2 Å². The van der Waals surface area contributed by atoms with Crippen molar-refractivity contribution in [2.75, 3.05) is 0 Å². The van der Waals surface area contributed by atoms with Gasteiger partial charge in [0.25, 0.3) is 0 Å². The zero-order chi connectivity index (χ0) is 17.3. The van der Waals surface area contributed by atoms with Crippen LogP contribution in [-0.4, -0.2) is 23.7 Å². The fourth-order valence-corrected chi connectivity index (χ4v) is 1.76. The van der Waals surface area contributed by atoms with Gasteiger partial charge < -0.3 is 14.8 Å². The van der Waals surface area contributed by atoms with E-state index in [1.165, 1.54) is 0 Å². The van der Waals surface area contributed by atoms with E-state index < -0.39 is 23.7 Å². The van der Waals surface area contributed by atoms with Crippen LogP contribution in [-0.2, 0) is 20.9 Å². The number of carbonyl (C=O) groups excluding carboxylic acids is 2. The number of alkyl carbamates (subject to hydrolysis) is 1. The fourth-order valence-electron chi connectivity index (χ4n) is 1.76. The van der Waals surface area contributed by atoms with Gasteiger partial charge in [0.05, 0.1) is 0 Å². The average Bonchev–Trinajstić information content (AvgIpc) is 2.48. The molecule has 0 fully saturated rings. The van der Waals surface area contributed by atoms with Crippen LogP contribution >= 0.6 is 0 Å². The fraction of sp³-hybridized carbons (Fsp3) is 0.444. The van der Waals surface area contributed by atoms with Crippen molar-refractivity contribution in [2.24, 2.45) is 0 Å². The van der Waals surface area contributed by atoms with Gasteiger partial charge in [0.1, 0.15) is 18.2 Å². The maximum Gasteiger partial charge on any atom is 0.408 e. The van der Waals surface area contributed by atoms with Gasteiger partial charge in [0, 0.05) is 6.42 Å². The molecule has 5 heteroatoms. The lowest BCUT2D eigenvalue weighted by atomic mass is 10.1. The van der Waals surface area contributed by atoms with Crippen molar-refractivity contribution in [3.63, 3.8) is 0 Å². The lowest BCUT2D eigenvalue weighted by Gasteiger charge is -2.22. The molecule has 0 radical (unpaired) electrons. The molecular weight excluding hydrogens is 294 g/mol. The summed E-state index contributed by atoms with van der Waals surface area (Å²) >= 11 is 0. The third-order valence-corrected chi connectivity index (χ3v) is 2.78. The van der Waals surface area contributed by atoms with Gasteiger partial charge in [-0.1, -0.05) is 30.3 Å². The van der Waals surface area contributed by atoms with Gasteiger partial charge in [-0.15, -0.1) is 12.3 Å². The molecule has 0 saturated carbocycles. The van der Waals surface area contributed by atoms with E-state index in [1.54, 1.807) is 20.8 Å². The Morgan fingerprint density at radius 2 is 1.91 bits per heavy atom. The number of amides is 1. The van der Waals surface area contributed by atoms with Gasteiger partial charge in [-0.25, -0.2) is 9.59 Å². The summed E-state index contributed by atoms with van der Waals surface area (Å²) in [6.45, 7) is 5.38. The van der Waals surface area contributed by atoms with Gasteiger partial charge >= 0.3 is 12.1 Å². The molecule has 1 aromatic carbocycles. The molecule has 1 N–H and O–H groups in total. The van der Waals surface area contributed by atoms with E-state index in [2.05, 4.69) is 11.2 Å². The van der Waals surface area contributed by atoms with E-state index in [-0.39, 0.29) is 6.61 Å². The maximum absolute atomic E-state index is 12.2. The summed E-state index contributed by atoms with van der Waals surface area (Å²) in [5.74, 6) is 1.92. The number of carbonyl (C=O) groups is 2. The Morgan fingerprint density at radius 3 is 2.48 bits per heavy atom. The average molecular weight is 317 g/mol. The maximum atomic E-state index is 12.2. The van der Waals surface area contributed by atoms with Crippen molar-refractivity contribution >= 4 is 12.1 Å². The predicted molar refractivity (Wildman–Crippen MR) is 87.5 cm³/mol. The van der Waals surface area contributed by atoms with Gasteiger partial charge in [0.2, 0.25) is 0 Å². The number of rotatable bonds is 6.